The minimum absolute atomic E-state index is 0. The van der Waals surface area contributed by atoms with Crippen LogP contribution in [0.2, 0.25) is 0 Å². The molecule has 0 radical (unpaired) electrons. The van der Waals surface area contributed by atoms with Gasteiger partial charge in [0.2, 0.25) is 0 Å². The summed E-state index contributed by atoms with van der Waals surface area (Å²) in [6, 6.07) is 0. The molecule has 3 nitrogen and oxygen atoms in total. The second kappa shape index (κ2) is 4.70. The molecule has 1 heterocycles. The highest BCUT2D eigenvalue weighted by Gasteiger charge is 2.38. The Morgan fingerprint density at radius 1 is 1.58 bits per heavy atom. The quantitative estimate of drug-likeness (QED) is 0.773. The molecule has 0 aromatic carbocycles. The van der Waals surface area contributed by atoms with Gasteiger partial charge in [0.15, 0.2) is 0 Å². The maximum atomic E-state index is 5.49. The minimum Gasteiger partial charge on any atom is -0.351 e. The number of halogens is 2. The SMILES string of the molecule is Cl.Cl.NCC1CC1c1c[nH]cn1. The van der Waals surface area contributed by atoms with Gasteiger partial charge < -0.3 is 10.7 Å². The van der Waals surface area contributed by atoms with Crippen molar-refractivity contribution in [3.8, 4) is 0 Å². The van der Waals surface area contributed by atoms with Crippen LogP contribution < -0.4 is 5.73 Å². The van der Waals surface area contributed by atoms with E-state index in [1.165, 1.54) is 12.1 Å². The van der Waals surface area contributed by atoms with E-state index >= 15 is 0 Å². The van der Waals surface area contributed by atoms with Crippen LogP contribution in [0, 0.1) is 5.92 Å². The molecule has 2 atom stereocenters. The minimum atomic E-state index is 0. The first-order chi connectivity index (χ1) is 4.92. The van der Waals surface area contributed by atoms with Gasteiger partial charge in [0.05, 0.1) is 12.0 Å². The Balaban J connectivity index is 0.000000605. The largest absolute Gasteiger partial charge is 0.351 e. The van der Waals surface area contributed by atoms with Crippen LogP contribution in [0.4, 0.5) is 0 Å². The maximum Gasteiger partial charge on any atom is 0.0923 e. The third kappa shape index (κ3) is 2.12. The molecule has 1 aliphatic carbocycles. The van der Waals surface area contributed by atoms with E-state index < -0.39 is 0 Å². The van der Waals surface area contributed by atoms with Crippen LogP contribution in [0.3, 0.4) is 0 Å². The molecule has 1 saturated carbocycles. The third-order valence-corrected chi connectivity index (χ3v) is 2.12. The molecule has 2 rings (SSSR count). The highest BCUT2D eigenvalue weighted by molar-refractivity contribution is 5.85. The highest BCUT2D eigenvalue weighted by Crippen LogP contribution is 2.45. The summed E-state index contributed by atoms with van der Waals surface area (Å²) < 4.78 is 0. The fourth-order valence-corrected chi connectivity index (χ4v) is 1.34. The van der Waals surface area contributed by atoms with E-state index in [1.807, 2.05) is 6.20 Å². The first-order valence-electron chi connectivity index (χ1n) is 3.60. The van der Waals surface area contributed by atoms with Gasteiger partial charge in [-0.2, -0.15) is 0 Å². The number of aromatic amines is 1. The molecule has 0 amide bonds. The standard InChI is InChI=1S/C7H11N3.2ClH/c8-2-5-1-6(5)7-3-9-4-10-7;;/h3-6H,1-2,8H2,(H,9,10);2*1H. The summed E-state index contributed by atoms with van der Waals surface area (Å²) in [4.78, 5) is 7.11. The summed E-state index contributed by atoms with van der Waals surface area (Å²) in [6.45, 7) is 0.803. The van der Waals surface area contributed by atoms with Crippen LogP contribution in [0.25, 0.3) is 0 Å². The van der Waals surface area contributed by atoms with Crippen LogP contribution in [0.1, 0.15) is 18.0 Å². The smallest absolute Gasteiger partial charge is 0.0923 e. The molecular weight excluding hydrogens is 197 g/mol. The number of imidazole rings is 1. The molecule has 1 aromatic rings. The van der Waals surface area contributed by atoms with Crippen molar-refractivity contribution in [1.82, 2.24) is 9.97 Å². The number of nitrogens with two attached hydrogens (primary N) is 1. The van der Waals surface area contributed by atoms with Gasteiger partial charge in [0.1, 0.15) is 0 Å². The molecule has 0 saturated heterocycles. The highest BCUT2D eigenvalue weighted by atomic mass is 35.5. The molecule has 70 valence electrons. The van der Waals surface area contributed by atoms with Gasteiger partial charge >= 0.3 is 0 Å². The zero-order valence-corrected chi connectivity index (χ0v) is 8.20. The monoisotopic (exact) mass is 209 g/mol. The second-order valence-electron chi connectivity index (χ2n) is 2.83. The molecule has 0 spiro atoms. The van der Waals surface area contributed by atoms with Crippen molar-refractivity contribution < 1.29 is 0 Å². The Morgan fingerprint density at radius 2 is 2.33 bits per heavy atom. The molecular formula is C7H13Cl2N3. The molecule has 2 unspecified atom stereocenters. The normalized spacial score (nSPS) is 25.4. The van der Waals surface area contributed by atoms with E-state index in [9.17, 15) is 0 Å². The van der Waals surface area contributed by atoms with Crippen molar-refractivity contribution in [2.24, 2.45) is 11.7 Å². The molecule has 1 fully saturated rings. The fourth-order valence-electron chi connectivity index (χ4n) is 1.34. The molecule has 12 heavy (non-hydrogen) atoms. The van der Waals surface area contributed by atoms with Crippen molar-refractivity contribution in [1.29, 1.82) is 0 Å². The van der Waals surface area contributed by atoms with Crippen molar-refractivity contribution in [2.45, 2.75) is 12.3 Å². The Kier molecular flexibility index (Phi) is 4.60. The number of aromatic nitrogens is 2. The second-order valence-corrected chi connectivity index (χ2v) is 2.83. The Morgan fingerprint density at radius 3 is 2.75 bits per heavy atom. The zero-order valence-electron chi connectivity index (χ0n) is 6.56. The average Bonchev–Trinajstić information content (AvgIpc) is 2.56. The van der Waals surface area contributed by atoms with Crippen molar-refractivity contribution in [2.75, 3.05) is 6.54 Å². The van der Waals surface area contributed by atoms with E-state index in [4.69, 9.17) is 5.73 Å². The van der Waals surface area contributed by atoms with Gasteiger partial charge in [0, 0.05) is 12.1 Å². The maximum absolute atomic E-state index is 5.49. The summed E-state index contributed by atoms with van der Waals surface area (Å²) in [5, 5.41) is 0. The number of nitrogens with one attached hydrogen (secondary N) is 1. The van der Waals surface area contributed by atoms with Crippen LogP contribution in [-0.4, -0.2) is 16.5 Å². The van der Waals surface area contributed by atoms with Gasteiger partial charge in [-0.1, -0.05) is 0 Å². The summed E-state index contributed by atoms with van der Waals surface area (Å²) in [7, 11) is 0. The van der Waals surface area contributed by atoms with Gasteiger partial charge in [-0.05, 0) is 18.9 Å². The molecule has 0 aliphatic heterocycles. The van der Waals surface area contributed by atoms with Crippen molar-refractivity contribution in [3.05, 3.63) is 18.2 Å². The number of nitrogens with zero attached hydrogens (tertiary/aromatic N) is 1. The predicted octanol–water partition coefficient (Wildman–Crippen LogP) is 1.32. The summed E-state index contributed by atoms with van der Waals surface area (Å²) in [6.07, 6.45) is 4.91. The summed E-state index contributed by atoms with van der Waals surface area (Å²) >= 11 is 0. The van der Waals surface area contributed by atoms with Gasteiger partial charge in [-0.3, -0.25) is 0 Å². The Hall–Kier alpha value is -0.250. The number of hydrogen-bond donors (Lipinski definition) is 2. The lowest BCUT2D eigenvalue weighted by atomic mass is 10.2. The average molecular weight is 210 g/mol. The lowest BCUT2D eigenvalue weighted by Crippen LogP contribution is -2.01. The molecule has 0 bridgehead atoms. The molecule has 3 N–H and O–H groups in total. The van der Waals surface area contributed by atoms with Crippen LogP contribution in [0.5, 0.6) is 0 Å². The van der Waals surface area contributed by atoms with E-state index in [-0.39, 0.29) is 24.8 Å². The lowest BCUT2D eigenvalue weighted by molar-refractivity contribution is 0.800. The first kappa shape index (κ1) is 11.8. The van der Waals surface area contributed by atoms with E-state index in [1.54, 1.807) is 6.33 Å². The Labute approximate surface area is 84.0 Å². The number of H-pyrrole nitrogens is 1. The topological polar surface area (TPSA) is 54.7 Å². The molecule has 5 heteroatoms. The van der Waals surface area contributed by atoms with Crippen LogP contribution in [-0.2, 0) is 0 Å². The van der Waals surface area contributed by atoms with E-state index in [0.717, 1.165) is 6.54 Å². The van der Waals surface area contributed by atoms with E-state index in [0.29, 0.717) is 11.8 Å². The molecule has 1 aliphatic rings. The predicted molar refractivity (Wildman–Crippen MR) is 53.0 cm³/mol. The van der Waals surface area contributed by atoms with Crippen LogP contribution in [0.15, 0.2) is 12.5 Å². The number of hydrogen-bond acceptors (Lipinski definition) is 2. The molecule has 1 aromatic heterocycles. The Bertz CT molecular complexity index is 212. The van der Waals surface area contributed by atoms with Gasteiger partial charge in [-0.25, -0.2) is 4.98 Å². The third-order valence-electron chi connectivity index (χ3n) is 2.12. The van der Waals surface area contributed by atoms with E-state index in [2.05, 4.69) is 9.97 Å². The summed E-state index contributed by atoms with van der Waals surface area (Å²) in [5.41, 5.74) is 6.67. The lowest BCUT2D eigenvalue weighted by Gasteiger charge is -1.88. The van der Waals surface area contributed by atoms with Crippen molar-refractivity contribution in [3.63, 3.8) is 0 Å². The number of rotatable bonds is 2. The zero-order chi connectivity index (χ0) is 6.97. The fraction of sp³-hybridized carbons (Fsp3) is 0.571. The van der Waals surface area contributed by atoms with Crippen LogP contribution >= 0.6 is 24.8 Å². The first-order valence-corrected chi connectivity index (χ1v) is 3.60. The van der Waals surface area contributed by atoms with Gasteiger partial charge in [-0.15, -0.1) is 24.8 Å². The summed E-state index contributed by atoms with van der Waals surface area (Å²) in [5.74, 6) is 1.35. The van der Waals surface area contributed by atoms with Gasteiger partial charge in [0.25, 0.3) is 0 Å². The van der Waals surface area contributed by atoms with Crippen molar-refractivity contribution >= 4 is 24.8 Å².